The Morgan fingerprint density at radius 1 is 0.867 bits per heavy atom. The Kier molecular flexibility index (Phi) is 5.69. The molecule has 4 aromatic rings. The number of anilines is 1. The molecule has 0 aliphatic heterocycles. The van der Waals surface area contributed by atoms with Crippen molar-refractivity contribution in [2.24, 2.45) is 0 Å². The van der Waals surface area contributed by atoms with Crippen LogP contribution >= 0.6 is 11.3 Å². The molecule has 4 heteroatoms. The van der Waals surface area contributed by atoms with Gasteiger partial charge < -0.3 is 0 Å². The number of nitrogens with zero attached hydrogens (tertiary/aromatic N) is 2. The molecule has 0 atom stereocenters. The number of amides is 1. The molecule has 0 saturated carbocycles. The van der Waals surface area contributed by atoms with E-state index < -0.39 is 0 Å². The average Bonchev–Trinajstić information content (AvgIpc) is 3.17. The van der Waals surface area contributed by atoms with Gasteiger partial charge in [0, 0.05) is 0 Å². The van der Waals surface area contributed by atoms with E-state index in [0.29, 0.717) is 13.0 Å². The van der Waals surface area contributed by atoms with E-state index in [9.17, 15) is 4.79 Å². The van der Waals surface area contributed by atoms with Gasteiger partial charge in [0.05, 0.1) is 23.2 Å². The number of hydrogen-bond acceptors (Lipinski definition) is 3. The van der Waals surface area contributed by atoms with E-state index in [1.807, 2.05) is 29.2 Å². The van der Waals surface area contributed by atoms with Crippen molar-refractivity contribution in [3.8, 4) is 0 Å². The number of carbonyl (C=O) groups excluding carboxylic acids is 1. The summed E-state index contributed by atoms with van der Waals surface area (Å²) < 4.78 is 1.12. The standard InChI is InChI=1S/C26H26N2OS/c1-17-10-12-22(14-19(17)3)15-24(29)28(16-21-8-6-5-7-9-21)26-27-25-20(4)18(2)11-13-23(25)30-26/h5-14H,15-16H2,1-4H3. The van der Waals surface area contributed by atoms with Crippen molar-refractivity contribution in [2.45, 2.75) is 40.7 Å². The molecule has 152 valence electrons. The van der Waals surface area contributed by atoms with Crippen LogP contribution in [0.25, 0.3) is 10.2 Å². The second-order valence-electron chi connectivity index (χ2n) is 7.91. The summed E-state index contributed by atoms with van der Waals surface area (Å²) in [6.07, 6.45) is 0.363. The highest BCUT2D eigenvalue weighted by molar-refractivity contribution is 7.22. The fraction of sp³-hybridized carbons (Fsp3) is 0.231. The number of benzene rings is 3. The molecule has 30 heavy (non-hydrogen) atoms. The molecule has 0 unspecified atom stereocenters. The number of hydrogen-bond donors (Lipinski definition) is 0. The number of aromatic nitrogens is 1. The molecule has 3 nitrogen and oxygen atoms in total. The maximum absolute atomic E-state index is 13.4. The third kappa shape index (κ3) is 4.14. The minimum absolute atomic E-state index is 0.0653. The van der Waals surface area contributed by atoms with Crippen LogP contribution in [0.2, 0.25) is 0 Å². The molecule has 0 fully saturated rings. The Hall–Kier alpha value is -2.98. The zero-order chi connectivity index (χ0) is 21.3. The molecule has 0 N–H and O–H groups in total. The lowest BCUT2D eigenvalue weighted by molar-refractivity contribution is -0.118. The second-order valence-corrected chi connectivity index (χ2v) is 8.92. The van der Waals surface area contributed by atoms with Crippen molar-refractivity contribution < 1.29 is 4.79 Å². The SMILES string of the molecule is Cc1ccc(CC(=O)N(Cc2ccccc2)c2nc3c(C)c(C)ccc3s2)cc1C. The summed E-state index contributed by atoms with van der Waals surface area (Å²) in [5.41, 5.74) is 7.97. The highest BCUT2D eigenvalue weighted by Gasteiger charge is 2.21. The minimum Gasteiger partial charge on any atom is -0.283 e. The van der Waals surface area contributed by atoms with Gasteiger partial charge in [0.25, 0.3) is 0 Å². The smallest absolute Gasteiger partial charge is 0.233 e. The van der Waals surface area contributed by atoms with Gasteiger partial charge in [0.1, 0.15) is 0 Å². The van der Waals surface area contributed by atoms with Crippen LogP contribution in [0, 0.1) is 27.7 Å². The lowest BCUT2D eigenvalue weighted by Crippen LogP contribution is -2.31. The normalized spacial score (nSPS) is 11.1. The molecule has 0 bridgehead atoms. The van der Waals surface area contributed by atoms with Crippen molar-refractivity contribution in [1.29, 1.82) is 0 Å². The molecule has 0 saturated heterocycles. The van der Waals surface area contributed by atoms with Gasteiger partial charge in [-0.1, -0.05) is 65.9 Å². The van der Waals surface area contributed by atoms with Gasteiger partial charge in [0.2, 0.25) is 5.91 Å². The van der Waals surface area contributed by atoms with Crippen LogP contribution in [0.4, 0.5) is 5.13 Å². The van der Waals surface area contributed by atoms with Gasteiger partial charge in [-0.05, 0) is 67.1 Å². The zero-order valence-electron chi connectivity index (χ0n) is 17.9. The van der Waals surface area contributed by atoms with Gasteiger partial charge in [-0.3, -0.25) is 9.69 Å². The quantitative estimate of drug-likeness (QED) is 0.384. The van der Waals surface area contributed by atoms with Crippen LogP contribution in [0.5, 0.6) is 0 Å². The second kappa shape index (κ2) is 8.41. The molecular formula is C26H26N2OS. The Labute approximate surface area is 182 Å². The van der Waals surface area contributed by atoms with E-state index >= 15 is 0 Å². The van der Waals surface area contributed by atoms with Crippen molar-refractivity contribution in [3.63, 3.8) is 0 Å². The van der Waals surface area contributed by atoms with E-state index in [4.69, 9.17) is 4.98 Å². The van der Waals surface area contributed by atoms with Gasteiger partial charge in [0.15, 0.2) is 5.13 Å². The molecular weight excluding hydrogens is 388 g/mol. The largest absolute Gasteiger partial charge is 0.283 e. The Morgan fingerprint density at radius 2 is 1.60 bits per heavy atom. The lowest BCUT2D eigenvalue weighted by Gasteiger charge is -2.20. The first kappa shape index (κ1) is 20.3. The fourth-order valence-electron chi connectivity index (χ4n) is 3.54. The van der Waals surface area contributed by atoms with Crippen LogP contribution < -0.4 is 4.90 Å². The van der Waals surface area contributed by atoms with E-state index in [1.165, 1.54) is 22.3 Å². The Morgan fingerprint density at radius 3 is 2.33 bits per heavy atom. The highest BCUT2D eigenvalue weighted by atomic mass is 32.1. The van der Waals surface area contributed by atoms with Crippen LogP contribution in [0.15, 0.2) is 60.7 Å². The molecule has 1 heterocycles. The third-order valence-corrected chi connectivity index (χ3v) is 6.76. The predicted molar refractivity (Wildman–Crippen MR) is 126 cm³/mol. The van der Waals surface area contributed by atoms with Crippen LogP contribution in [0.1, 0.15) is 33.4 Å². The molecule has 0 radical (unpaired) electrons. The monoisotopic (exact) mass is 414 g/mol. The van der Waals surface area contributed by atoms with Gasteiger partial charge in [-0.2, -0.15) is 0 Å². The zero-order valence-corrected chi connectivity index (χ0v) is 18.7. The summed E-state index contributed by atoms with van der Waals surface area (Å²) in [6, 6.07) is 20.6. The molecule has 4 rings (SSSR count). The maximum atomic E-state index is 13.4. The maximum Gasteiger partial charge on any atom is 0.233 e. The van der Waals surface area contributed by atoms with Crippen molar-refractivity contribution in [2.75, 3.05) is 4.90 Å². The van der Waals surface area contributed by atoms with Crippen LogP contribution in [-0.4, -0.2) is 10.9 Å². The van der Waals surface area contributed by atoms with Crippen molar-refractivity contribution in [1.82, 2.24) is 4.98 Å². The summed E-state index contributed by atoms with van der Waals surface area (Å²) >= 11 is 1.59. The van der Waals surface area contributed by atoms with Crippen molar-refractivity contribution in [3.05, 3.63) is 94.0 Å². The summed E-state index contributed by atoms with van der Waals surface area (Å²) in [6.45, 7) is 8.89. The Bertz CT molecular complexity index is 1210. The minimum atomic E-state index is 0.0653. The fourth-order valence-corrected chi connectivity index (χ4v) is 4.58. The summed E-state index contributed by atoms with van der Waals surface area (Å²) in [4.78, 5) is 20.2. The first-order chi connectivity index (χ1) is 14.4. The van der Waals surface area contributed by atoms with E-state index in [0.717, 1.165) is 26.5 Å². The molecule has 3 aromatic carbocycles. The van der Waals surface area contributed by atoms with E-state index in [2.05, 4.69) is 64.1 Å². The number of rotatable bonds is 5. The molecule has 0 aliphatic carbocycles. The van der Waals surface area contributed by atoms with Gasteiger partial charge >= 0.3 is 0 Å². The summed E-state index contributed by atoms with van der Waals surface area (Å²) in [5, 5.41) is 0.761. The molecule has 0 aliphatic rings. The van der Waals surface area contributed by atoms with Crippen molar-refractivity contribution >= 4 is 32.6 Å². The first-order valence-corrected chi connectivity index (χ1v) is 11.0. The van der Waals surface area contributed by atoms with E-state index in [1.54, 1.807) is 11.3 Å². The van der Waals surface area contributed by atoms with Gasteiger partial charge in [-0.25, -0.2) is 4.98 Å². The third-order valence-electron chi connectivity index (χ3n) is 5.72. The topological polar surface area (TPSA) is 33.2 Å². The lowest BCUT2D eigenvalue weighted by atomic mass is 10.0. The Balaban J connectivity index is 1.71. The number of carbonyl (C=O) groups is 1. The number of fused-ring (bicyclic) bond motifs is 1. The molecule has 1 amide bonds. The average molecular weight is 415 g/mol. The van der Waals surface area contributed by atoms with Gasteiger partial charge in [-0.15, -0.1) is 0 Å². The summed E-state index contributed by atoms with van der Waals surface area (Å²) in [5.74, 6) is 0.0653. The first-order valence-electron chi connectivity index (χ1n) is 10.2. The van der Waals surface area contributed by atoms with Crippen LogP contribution in [-0.2, 0) is 17.8 Å². The van der Waals surface area contributed by atoms with E-state index in [-0.39, 0.29) is 5.91 Å². The number of aryl methyl sites for hydroxylation is 4. The number of thiazole rings is 1. The molecule has 1 aromatic heterocycles. The summed E-state index contributed by atoms with van der Waals surface area (Å²) in [7, 11) is 0. The highest BCUT2D eigenvalue weighted by Crippen LogP contribution is 2.33. The predicted octanol–water partition coefficient (Wildman–Crippen LogP) is 6.31. The van der Waals surface area contributed by atoms with Crippen LogP contribution in [0.3, 0.4) is 0 Å². The molecule has 0 spiro atoms.